The smallest absolute Gasteiger partial charge is 0.229 e. The summed E-state index contributed by atoms with van der Waals surface area (Å²) in [6, 6.07) is 8.21. The zero-order chi connectivity index (χ0) is 16.9. The topological polar surface area (TPSA) is 71.6 Å². The number of nitrogens with zero attached hydrogens (tertiary/aromatic N) is 3. The number of benzene rings is 1. The molecule has 2 heterocycles. The van der Waals surface area contributed by atoms with Gasteiger partial charge in [-0.1, -0.05) is 37.2 Å². The fraction of sp³-hybridized carbons (Fsp3) is 0.556. The first-order valence-electron chi connectivity index (χ1n) is 8.52. The molecule has 3 rings (SSSR count). The Morgan fingerprint density at radius 1 is 1.25 bits per heavy atom. The molecule has 1 aliphatic heterocycles. The minimum Gasteiger partial charge on any atom is -0.392 e. The van der Waals surface area contributed by atoms with Crippen molar-refractivity contribution >= 4 is 0 Å². The zero-order valence-corrected chi connectivity index (χ0v) is 14.3. The molecule has 1 atom stereocenters. The van der Waals surface area contributed by atoms with E-state index in [0.29, 0.717) is 18.1 Å². The van der Waals surface area contributed by atoms with Crippen LogP contribution >= 0.6 is 0 Å². The van der Waals surface area contributed by atoms with Crippen LogP contribution in [0.25, 0.3) is 11.4 Å². The third kappa shape index (κ3) is 4.41. The van der Waals surface area contributed by atoms with Gasteiger partial charge in [-0.2, -0.15) is 4.98 Å². The lowest BCUT2D eigenvalue weighted by Gasteiger charge is -2.26. The molecule has 1 aliphatic rings. The number of hydrogen-bond acceptors (Lipinski definition) is 6. The van der Waals surface area contributed by atoms with Gasteiger partial charge >= 0.3 is 0 Å². The van der Waals surface area contributed by atoms with Crippen molar-refractivity contribution in [3.05, 3.63) is 35.7 Å². The number of morpholine rings is 1. The lowest BCUT2D eigenvalue weighted by molar-refractivity contribution is 0.0342. The second-order valence-corrected chi connectivity index (χ2v) is 6.62. The molecule has 1 N–H and O–H groups in total. The quantitative estimate of drug-likeness (QED) is 0.874. The molecule has 0 spiro atoms. The Morgan fingerprint density at radius 3 is 2.79 bits per heavy atom. The van der Waals surface area contributed by atoms with Gasteiger partial charge in [0, 0.05) is 25.2 Å². The summed E-state index contributed by atoms with van der Waals surface area (Å²) in [7, 11) is 0. The van der Waals surface area contributed by atoms with Crippen molar-refractivity contribution in [3.8, 4) is 11.4 Å². The molecule has 1 aromatic heterocycles. The molecule has 1 saturated heterocycles. The first kappa shape index (κ1) is 17.1. The van der Waals surface area contributed by atoms with Crippen LogP contribution in [0.15, 0.2) is 28.8 Å². The van der Waals surface area contributed by atoms with Crippen molar-refractivity contribution in [1.29, 1.82) is 0 Å². The summed E-state index contributed by atoms with van der Waals surface area (Å²) in [5.74, 6) is 1.21. The fourth-order valence-electron chi connectivity index (χ4n) is 2.70. The van der Waals surface area contributed by atoms with E-state index in [1.165, 1.54) is 5.56 Å². The summed E-state index contributed by atoms with van der Waals surface area (Å²) >= 11 is 0. The first-order chi connectivity index (χ1) is 11.6. The maximum absolute atomic E-state index is 9.94. The van der Waals surface area contributed by atoms with Crippen molar-refractivity contribution in [2.24, 2.45) is 5.92 Å². The molecule has 6 nitrogen and oxygen atoms in total. The average molecular weight is 331 g/mol. The van der Waals surface area contributed by atoms with Crippen LogP contribution in [-0.4, -0.2) is 52.6 Å². The number of rotatable bonds is 6. The molecule has 0 saturated carbocycles. The second-order valence-electron chi connectivity index (χ2n) is 6.62. The predicted octanol–water partition coefficient (Wildman–Crippen LogP) is 2.13. The van der Waals surface area contributed by atoms with Crippen molar-refractivity contribution in [2.45, 2.75) is 32.9 Å². The van der Waals surface area contributed by atoms with Crippen molar-refractivity contribution in [1.82, 2.24) is 15.0 Å². The lowest BCUT2D eigenvalue weighted by Crippen LogP contribution is -2.35. The monoisotopic (exact) mass is 331 g/mol. The average Bonchev–Trinajstić information content (AvgIpc) is 3.04. The summed E-state index contributed by atoms with van der Waals surface area (Å²) in [5.41, 5.74) is 2.16. The SMILES string of the molecule is CC(C)[C@H](O)Cc1nc(-c2cccc(CN3CCOCC3)c2)no1. The molecule has 24 heavy (non-hydrogen) atoms. The molecular formula is C18H25N3O3. The summed E-state index contributed by atoms with van der Waals surface area (Å²) in [6.45, 7) is 8.35. The summed E-state index contributed by atoms with van der Waals surface area (Å²) in [5, 5.41) is 14.0. The van der Waals surface area contributed by atoms with E-state index < -0.39 is 6.10 Å². The molecule has 0 amide bonds. The molecule has 1 aromatic carbocycles. The van der Waals surface area contributed by atoms with Gasteiger partial charge in [-0.15, -0.1) is 0 Å². The van der Waals surface area contributed by atoms with Gasteiger partial charge in [0.05, 0.1) is 25.7 Å². The van der Waals surface area contributed by atoms with Gasteiger partial charge in [0.2, 0.25) is 11.7 Å². The third-order valence-corrected chi connectivity index (χ3v) is 4.32. The molecule has 6 heteroatoms. The van der Waals surface area contributed by atoms with Crippen molar-refractivity contribution < 1.29 is 14.4 Å². The molecule has 2 aromatic rings. The third-order valence-electron chi connectivity index (χ3n) is 4.32. The number of aromatic nitrogens is 2. The Labute approximate surface area is 142 Å². The van der Waals surface area contributed by atoms with Gasteiger partial charge in [-0.05, 0) is 17.5 Å². The Hall–Kier alpha value is -1.76. The predicted molar refractivity (Wildman–Crippen MR) is 90.4 cm³/mol. The molecule has 0 radical (unpaired) electrons. The molecule has 130 valence electrons. The highest BCUT2D eigenvalue weighted by Crippen LogP contribution is 2.19. The van der Waals surface area contributed by atoms with Gasteiger partial charge < -0.3 is 14.4 Å². The molecule has 1 fully saturated rings. The van der Waals surface area contributed by atoms with E-state index in [1.807, 2.05) is 26.0 Å². The number of aliphatic hydroxyl groups is 1. The number of aliphatic hydroxyl groups excluding tert-OH is 1. The minimum atomic E-state index is -0.467. The van der Waals surface area contributed by atoms with Crippen LogP contribution in [-0.2, 0) is 17.7 Å². The summed E-state index contributed by atoms with van der Waals surface area (Å²) in [6.07, 6.45) is -0.0797. The maximum Gasteiger partial charge on any atom is 0.229 e. The van der Waals surface area contributed by atoms with Gasteiger partial charge in [0.1, 0.15) is 0 Å². The van der Waals surface area contributed by atoms with Crippen molar-refractivity contribution in [3.63, 3.8) is 0 Å². The van der Waals surface area contributed by atoms with Crippen LogP contribution < -0.4 is 0 Å². The van der Waals surface area contributed by atoms with Gasteiger partial charge in [0.15, 0.2) is 0 Å². The Bertz CT molecular complexity index is 650. The zero-order valence-electron chi connectivity index (χ0n) is 14.3. The molecule has 0 unspecified atom stereocenters. The van der Waals surface area contributed by atoms with E-state index in [4.69, 9.17) is 9.26 Å². The van der Waals surface area contributed by atoms with Crippen LogP contribution in [0.5, 0.6) is 0 Å². The van der Waals surface area contributed by atoms with Crippen LogP contribution in [0.3, 0.4) is 0 Å². The second kappa shape index (κ2) is 7.88. The molecular weight excluding hydrogens is 306 g/mol. The van der Waals surface area contributed by atoms with E-state index in [2.05, 4.69) is 27.2 Å². The summed E-state index contributed by atoms with van der Waals surface area (Å²) < 4.78 is 10.7. The largest absolute Gasteiger partial charge is 0.392 e. The summed E-state index contributed by atoms with van der Waals surface area (Å²) in [4.78, 5) is 6.80. The number of hydrogen-bond donors (Lipinski definition) is 1. The Kier molecular flexibility index (Phi) is 5.60. The lowest BCUT2D eigenvalue weighted by atomic mass is 10.0. The van der Waals surface area contributed by atoms with E-state index in [9.17, 15) is 5.11 Å². The van der Waals surface area contributed by atoms with E-state index in [-0.39, 0.29) is 5.92 Å². The highest BCUT2D eigenvalue weighted by Gasteiger charge is 2.16. The maximum atomic E-state index is 9.94. The van der Waals surface area contributed by atoms with Crippen LogP contribution in [0, 0.1) is 5.92 Å². The van der Waals surface area contributed by atoms with Crippen LogP contribution in [0.2, 0.25) is 0 Å². The van der Waals surface area contributed by atoms with Crippen molar-refractivity contribution in [2.75, 3.05) is 26.3 Å². The normalized spacial score (nSPS) is 17.3. The highest BCUT2D eigenvalue weighted by atomic mass is 16.5. The van der Waals surface area contributed by atoms with Crippen LogP contribution in [0.4, 0.5) is 0 Å². The van der Waals surface area contributed by atoms with E-state index in [1.54, 1.807) is 0 Å². The standard InChI is InChI=1S/C18H25N3O3/c1-13(2)16(22)11-17-19-18(20-24-17)15-5-3-4-14(10-15)12-21-6-8-23-9-7-21/h3-5,10,13,16,22H,6-9,11-12H2,1-2H3/t16-/m1/s1. The Morgan fingerprint density at radius 2 is 2.04 bits per heavy atom. The number of ether oxygens (including phenoxy) is 1. The van der Waals surface area contributed by atoms with Gasteiger partial charge in [-0.3, -0.25) is 4.90 Å². The van der Waals surface area contributed by atoms with E-state index in [0.717, 1.165) is 38.4 Å². The minimum absolute atomic E-state index is 0.164. The first-order valence-corrected chi connectivity index (χ1v) is 8.52. The van der Waals surface area contributed by atoms with Gasteiger partial charge in [0.25, 0.3) is 0 Å². The fourth-order valence-corrected chi connectivity index (χ4v) is 2.70. The van der Waals surface area contributed by atoms with E-state index >= 15 is 0 Å². The van der Waals surface area contributed by atoms with Gasteiger partial charge in [-0.25, -0.2) is 0 Å². The molecule has 0 aliphatic carbocycles. The molecule has 0 bridgehead atoms. The Balaban J connectivity index is 1.68. The van der Waals surface area contributed by atoms with Crippen LogP contribution in [0.1, 0.15) is 25.3 Å². The highest BCUT2D eigenvalue weighted by molar-refractivity contribution is 5.55.